The van der Waals surface area contributed by atoms with E-state index in [0.29, 0.717) is 0 Å². The van der Waals surface area contributed by atoms with Crippen LogP contribution in [0.4, 0.5) is 8.78 Å². The van der Waals surface area contributed by atoms with E-state index in [2.05, 4.69) is 9.72 Å². The minimum atomic E-state index is -2.74. The molecular formula is C10H7F2IN2O2. The third-order valence-electron chi connectivity index (χ3n) is 1.97. The highest BCUT2D eigenvalue weighted by atomic mass is 127. The van der Waals surface area contributed by atoms with Gasteiger partial charge in [0, 0.05) is 0 Å². The van der Waals surface area contributed by atoms with Crippen molar-refractivity contribution in [2.24, 2.45) is 0 Å². The molecule has 0 aromatic carbocycles. The first-order valence-electron chi connectivity index (χ1n) is 4.44. The Bertz CT molecular complexity index is 486. The van der Waals surface area contributed by atoms with E-state index >= 15 is 0 Å². The molecule has 0 saturated carbocycles. The van der Waals surface area contributed by atoms with Crippen molar-refractivity contribution < 1.29 is 18.3 Å². The number of nitriles is 1. The van der Waals surface area contributed by atoms with Gasteiger partial charge in [0.2, 0.25) is 0 Å². The van der Waals surface area contributed by atoms with E-state index < -0.39 is 18.1 Å². The number of ether oxygens (including phenoxy) is 1. The second-order valence-electron chi connectivity index (χ2n) is 3.04. The van der Waals surface area contributed by atoms with Gasteiger partial charge in [-0.05, 0) is 34.2 Å². The normalized spacial score (nSPS) is 10.1. The Balaban J connectivity index is 3.25. The lowest BCUT2D eigenvalue weighted by atomic mass is 10.1. The monoisotopic (exact) mass is 352 g/mol. The first kappa shape index (κ1) is 13.8. The molecular weight excluding hydrogens is 345 g/mol. The van der Waals surface area contributed by atoms with Crippen LogP contribution in [0.5, 0.6) is 0 Å². The number of methoxy groups -OCH3 is 1. The molecule has 0 amide bonds. The Labute approximate surface area is 110 Å². The first-order valence-corrected chi connectivity index (χ1v) is 5.51. The highest BCUT2D eigenvalue weighted by Gasteiger charge is 2.18. The SMILES string of the molecule is COC(=O)Cc1cc(C(F)F)nc(I)c1C#N. The second kappa shape index (κ2) is 5.86. The molecule has 17 heavy (non-hydrogen) atoms. The second-order valence-corrected chi connectivity index (χ2v) is 4.06. The molecule has 0 spiro atoms. The molecule has 0 bridgehead atoms. The van der Waals surface area contributed by atoms with Gasteiger partial charge in [0.25, 0.3) is 6.43 Å². The average Bonchev–Trinajstić information content (AvgIpc) is 2.28. The van der Waals surface area contributed by atoms with Crippen LogP contribution in [0.25, 0.3) is 0 Å². The van der Waals surface area contributed by atoms with Gasteiger partial charge >= 0.3 is 5.97 Å². The van der Waals surface area contributed by atoms with Crippen molar-refractivity contribution in [1.82, 2.24) is 4.98 Å². The Hall–Kier alpha value is -1.30. The molecule has 90 valence electrons. The first-order chi connectivity index (χ1) is 7.99. The zero-order valence-electron chi connectivity index (χ0n) is 8.71. The number of hydrogen-bond acceptors (Lipinski definition) is 4. The molecule has 0 aliphatic rings. The summed E-state index contributed by atoms with van der Waals surface area (Å²) in [5, 5.41) is 8.88. The minimum Gasteiger partial charge on any atom is -0.469 e. The molecule has 4 nitrogen and oxygen atoms in total. The maximum Gasteiger partial charge on any atom is 0.310 e. The third kappa shape index (κ3) is 3.33. The van der Waals surface area contributed by atoms with Gasteiger partial charge in [-0.25, -0.2) is 13.8 Å². The largest absolute Gasteiger partial charge is 0.469 e. The van der Waals surface area contributed by atoms with Crippen LogP contribution in [0.1, 0.15) is 23.2 Å². The van der Waals surface area contributed by atoms with Gasteiger partial charge in [0.1, 0.15) is 15.5 Å². The number of carbonyl (C=O) groups is 1. The van der Waals surface area contributed by atoms with Crippen molar-refractivity contribution in [2.75, 3.05) is 7.11 Å². The fraction of sp³-hybridized carbons (Fsp3) is 0.300. The molecule has 0 atom stereocenters. The van der Waals surface area contributed by atoms with Crippen LogP contribution < -0.4 is 0 Å². The number of hydrogen-bond donors (Lipinski definition) is 0. The molecule has 0 aliphatic carbocycles. The third-order valence-corrected chi connectivity index (χ3v) is 2.76. The molecule has 1 heterocycles. The van der Waals surface area contributed by atoms with E-state index in [0.717, 1.165) is 6.07 Å². The Morgan fingerprint density at radius 3 is 2.82 bits per heavy atom. The van der Waals surface area contributed by atoms with Crippen molar-refractivity contribution >= 4 is 28.6 Å². The number of halogens is 3. The zero-order valence-corrected chi connectivity index (χ0v) is 10.9. The van der Waals surface area contributed by atoms with Gasteiger partial charge in [0.15, 0.2) is 0 Å². The number of carbonyl (C=O) groups excluding carboxylic acids is 1. The van der Waals surface area contributed by atoms with E-state index in [9.17, 15) is 13.6 Å². The summed E-state index contributed by atoms with van der Waals surface area (Å²) in [7, 11) is 1.19. The smallest absolute Gasteiger partial charge is 0.310 e. The lowest BCUT2D eigenvalue weighted by Crippen LogP contribution is -2.09. The number of pyridine rings is 1. The molecule has 0 radical (unpaired) electrons. The molecule has 1 aromatic heterocycles. The number of aromatic nitrogens is 1. The van der Waals surface area contributed by atoms with Crippen molar-refractivity contribution in [3.8, 4) is 6.07 Å². The van der Waals surface area contributed by atoms with Crippen molar-refractivity contribution in [1.29, 1.82) is 5.26 Å². The molecule has 0 fully saturated rings. The van der Waals surface area contributed by atoms with Crippen LogP contribution in [-0.4, -0.2) is 18.1 Å². The maximum absolute atomic E-state index is 12.5. The molecule has 0 N–H and O–H groups in total. The summed E-state index contributed by atoms with van der Waals surface area (Å²) in [6.07, 6.45) is -2.97. The standard InChI is InChI=1S/C10H7F2IN2O2/c1-17-8(16)3-5-2-7(9(11)12)15-10(13)6(5)4-14/h2,9H,3H2,1H3. The van der Waals surface area contributed by atoms with E-state index in [-0.39, 0.29) is 21.2 Å². The molecule has 1 rings (SSSR count). The molecule has 7 heteroatoms. The minimum absolute atomic E-state index is 0.125. The van der Waals surface area contributed by atoms with Crippen LogP contribution in [0.15, 0.2) is 6.07 Å². The fourth-order valence-corrected chi connectivity index (χ4v) is 1.93. The quantitative estimate of drug-likeness (QED) is 0.475. The Morgan fingerprint density at radius 1 is 1.71 bits per heavy atom. The molecule has 0 unspecified atom stereocenters. The van der Waals surface area contributed by atoms with E-state index in [4.69, 9.17) is 5.26 Å². The fourth-order valence-electron chi connectivity index (χ4n) is 1.18. The van der Waals surface area contributed by atoms with Crippen LogP contribution in [-0.2, 0) is 16.0 Å². The Kier molecular flexibility index (Phi) is 4.74. The van der Waals surface area contributed by atoms with Gasteiger partial charge in [-0.2, -0.15) is 5.26 Å². The molecule has 0 saturated heterocycles. The van der Waals surface area contributed by atoms with Crippen LogP contribution >= 0.6 is 22.6 Å². The van der Waals surface area contributed by atoms with Crippen LogP contribution in [0.2, 0.25) is 0 Å². The molecule has 1 aromatic rings. The predicted molar refractivity (Wildman–Crippen MR) is 62.3 cm³/mol. The lowest BCUT2D eigenvalue weighted by Gasteiger charge is -2.07. The summed E-state index contributed by atoms with van der Waals surface area (Å²) in [4.78, 5) is 14.7. The summed E-state index contributed by atoms with van der Waals surface area (Å²) in [5.74, 6) is -0.594. The number of rotatable bonds is 3. The van der Waals surface area contributed by atoms with E-state index in [1.54, 1.807) is 22.6 Å². The summed E-state index contributed by atoms with van der Waals surface area (Å²) in [6.45, 7) is 0. The van der Waals surface area contributed by atoms with Crippen LogP contribution in [0, 0.1) is 15.0 Å². The molecule has 0 aliphatic heterocycles. The summed E-state index contributed by atoms with van der Waals surface area (Å²) in [6, 6.07) is 2.89. The predicted octanol–water partition coefficient (Wildman–Crippen LogP) is 2.21. The Morgan fingerprint density at radius 2 is 2.35 bits per heavy atom. The van der Waals surface area contributed by atoms with Gasteiger partial charge in [-0.3, -0.25) is 4.79 Å². The van der Waals surface area contributed by atoms with Crippen LogP contribution in [0.3, 0.4) is 0 Å². The summed E-state index contributed by atoms with van der Waals surface area (Å²) >= 11 is 1.68. The maximum atomic E-state index is 12.5. The number of nitrogens with zero attached hydrogens (tertiary/aromatic N) is 2. The van der Waals surface area contributed by atoms with Crippen molar-refractivity contribution in [3.63, 3.8) is 0 Å². The van der Waals surface area contributed by atoms with Gasteiger partial charge in [-0.15, -0.1) is 0 Å². The van der Waals surface area contributed by atoms with Gasteiger partial charge < -0.3 is 4.74 Å². The van der Waals surface area contributed by atoms with E-state index in [1.807, 2.05) is 6.07 Å². The highest BCUT2D eigenvalue weighted by molar-refractivity contribution is 14.1. The van der Waals surface area contributed by atoms with E-state index in [1.165, 1.54) is 7.11 Å². The zero-order chi connectivity index (χ0) is 13.0. The van der Waals surface area contributed by atoms with Crippen molar-refractivity contribution in [2.45, 2.75) is 12.8 Å². The summed E-state index contributed by atoms with van der Waals surface area (Å²) < 4.78 is 29.6. The van der Waals surface area contributed by atoms with Crippen molar-refractivity contribution in [3.05, 3.63) is 26.6 Å². The van der Waals surface area contributed by atoms with Gasteiger partial charge in [-0.1, -0.05) is 0 Å². The topological polar surface area (TPSA) is 63.0 Å². The van der Waals surface area contributed by atoms with Gasteiger partial charge in [0.05, 0.1) is 19.1 Å². The highest BCUT2D eigenvalue weighted by Crippen LogP contribution is 2.23. The number of esters is 1. The average molecular weight is 352 g/mol. The summed E-state index contributed by atoms with van der Waals surface area (Å²) in [5.41, 5.74) is -0.123. The number of alkyl halides is 2. The lowest BCUT2D eigenvalue weighted by molar-refractivity contribution is -0.139.